The minimum atomic E-state index is 0.640. The maximum absolute atomic E-state index is 6.57. The number of hydrogen-bond donors (Lipinski definition) is 0. The molecule has 0 fully saturated rings. The second-order valence-corrected chi connectivity index (χ2v) is 16.2. The molecule has 0 radical (unpaired) electrons. The minimum Gasteiger partial charge on any atom is -0.435 e. The van der Waals surface area contributed by atoms with Crippen LogP contribution in [0.1, 0.15) is 0 Å². The Morgan fingerprint density at radius 2 is 1.02 bits per heavy atom. The lowest BCUT2D eigenvalue weighted by atomic mass is 9.93. The highest BCUT2D eigenvalue weighted by Gasteiger charge is 2.19. The molecule has 0 aliphatic rings. The molecule has 0 unspecified atom stereocenters. The van der Waals surface area contributed by atoms with Gasteiger partial charge in [0.15, 0.2) is 5.58 Å². The lowest BCUT2D eigenvalue weighted by Crippen LogP contribution is -2.09. The van der Waals surface area contributed by atoms with Crippen LogP contribution in [-0.4, -0.2) is 4.98 Å². The van der Waals surface area contributed by atoms with Crippen molar-refractivity contribution in [2.45, 2.75) is 0 Å². The predicted molar refractivity (Wildman–Crippen MR) is 250 cm³/mol. The van der Waals surface area contributed by atoms with Gasteiger partial charge < -0.3 is 9.32 Å². The van der Waals surface area contributed by atoms with E-state index in [-0.39, 0.29) is 0 Å². The molecular weight excluding hydrogens is 737 g/mol. The monoisotopic (exact) mass is 770 g/mol. The number of fused-ring (bicyclic) bond motifs is 10. The fourth-order valence-corrected chi connectivity index (χ4v) is 10.00. The molecule has 0 spiro atoms. The maximum atomic E-state index is 6.57. The van der Waals surface area contributed by atoms with E-state index >= 15 is 0 Å². The largest absolute Gasteiger partial charge is 0.435 e. The van der Waals surface area contributed by atoms with Gasteiger partial charge in [0.2, 0.25) is 5.89 Å². The highest BCUT2D eigenvalue weighted by atomic mass is 32.1. The lowest BCUT2D eigenvalue weighted by Gasteiger charge is -2.26. The Bertz CT molecular complexity index is 3540. The van der Waals surface area contributed by atoms with Gasteiger partial charge in [0.05, 0.1) is 10.4 Å². The SMILES string of the molecule is c1ccc(-c2ccc(N(c3ccccc3)c3cccc4c3sc3ccc(-c5ccc6c(ccc7ccc8ccc9nc(-c%10ccccc%10)oc9c8c76)c5)cc34)cc2)cc1. The molecule has 0 aliphatic carbocycles. The Morgan fingerprint density at radius 3 is 1.80 bits per heavy atom. The highest BCUT2D eigenvalue weighted by molar-refractivity contribution is 7.26. The van der Waals surface area contributed by atoms with Crippen LogP contribution >= 0.6 is 11.3 Å². The summed E-state index contributed by atoms with van der Waals surface area (Å²) in [5.41, 5.74) is 10.9. The molecule has 2 aromatic heterocycles. The highest BCUT2D eigenvalue weighted by Crippen LogP contribution is 2.46. The maximum Gasteiger partial charge on any atom is 0.227 e. The van der Waals surface area contributed by atoms with E-state index in [4.69, 9.17) is 9.40 Å². The summed E-state index contributed by atoms with van der Waals surface area (Å²) in [4.78, 5) is 7.30. The van der Waals surface area contributed by atoms with Crippen LogP contribution in [0.25, 0.3) is 97.3 Å². The first kappa shape index (κ1) is 33.6. The number of rotatable bonds is 6. The van der Waals surface area contributed by atoms with E-state index in [0.717, 1.165) is 38.8 Å². The van der Waals surface area contributed by atoms with Gasteiger partial charge in [0, 0.05) is 43.2 Å². The van der Waals surface area contributed by atoms with Crippen molar-refractivity contribution in [3.63, 3.8) is 0 Å². The van der Waals surface area contributed by atoms with Gasteiger partial charge in [-0.2, -0.15) is 0 Å². The average Bonchev–Trinajstić information content (AvgIpc) is 3.92. The summed E-state index contributed by atoms with van der Waals surface area (Å²) in [6, 6.07) is 74.0. The van der Waals surface area contributed by atoms with Crippen LogP contribution in [0.3, 0.4) is 0 Å². The summed E-state index contributed by atoms with van der Waals surface area (Å²) in [7, 11) is 0. The second kappa shape index (κ2) is 13.6. The van der Waals surface area contributed by atoms with E-state index < -0.39 is 0 Å². The van der Waals surface area contributed by atoms with Crippen molar-refractivity contribution in [3.05, 3.63) is 206 Å². The third kappa shape index (κ3) is 5.60. The first-order chi connectivity index (χ1) is 29.2. The number of para-hydroxylation sites is 1. The van der Waals surface area contributed by atoms with Crippen LogP contribution in [0.2, 0.25) is 0 Å². The first-order valence-electron chi connectivity index (χ1n) is 19.9. The molecule has 0 saturated carbocycles. The van der Waals surface area contributed by atoms with Gasteiger partial charge in [-0.1, -0.05) is 140 Å². The van der Waals surface area contributed by atoms with E-state index in [2.05, 4.69) is 181 Å². The summed E-state index contributed by atoms with van der Waals surface area (Å²) < 4.78 is 9.10. The first-order valence-corrected chi connectivity index (χ1v) is 20.8. The Morgan fingerprint density at radius 1 is 0.407 bits per heavy atom. The molecule has 0 aliphatic heterocycles. The third-order valence-electron chi connectivity index (χ3n) is 11.7. The van der Waals surface area contributed by atoms with E-state index in [9.17, 15) is 0 Å². The van der Waals surface area contributed by atoms with E-state index in [1.54, 1.807) is 0 Å². The normalized spacial score (nSPS) is 11.7. The Kier molecular flexibility index (Phi) is 7.72. The number of oxazole rings is 1. The van der Waals surface area contributed by atoms with Crippen molar-refractivity contribution in [2.24, 2.45) is 0 Å². The molecular formula is C55H34N2OS. The molecule has 0 amide bonds. The number of anilines is 3. The van der Waals surface area contributed by atoms with Gasteiger partial charge in [-0.25, -0.2) is 4.98 Å². The van der Waals surface area contributed by atoms with Gasteiger partial charge in [-0.05, 0) is 111 Å². The van der Waals surface area contributed by atoms with Crippen molar-refractivity contribution in [3.8, 4) is 33.7 Å². The van der Waals surface area contributed by atoms with Crippen LogP contribution in [0.5, 0.6) is 0 Å². The van der Waals surface area contributed by atoms with Crippen molar-refractivity contribution in [1.29, 1.82) is 0 Å². The van der Waals surface area contributed by atoms with Gasteiger partial charge >= 0.3 is 0 Å². The smallest absolute Gasteiger partial charge is 0.227 e. The summed E-state index contributed by atoms with van der Waals surface area (Å²) in [5.74, 6) is 0.640. The second-order valence-electron chi connectivity index (χ2n) is 15.1. The van der Waals surface area contributed by atoms with Crippen molar-refractivity contribution in [1.82, 2.24) is 4.98 Å². The van der Waals surface area contributed by atoms with Crippen LogP contribution in [0.15, 0.2) is 211 Å². The fraction of sp³-hybridized carbons (Fsp3) is 0. The number of benzene rings is 10. The van der Waals surface area contributed by atoms with E-state index in [0.29, 0.717) is 5.89 Å². The predicted octanol–water partition coefficient (Wildman–Crippen LogP) is 16.1. The van der Waals surface area contributed by atoms with E-state index in [1.165, 1.54) is 69.7 Å². The zero-order valence-electron chi connectivity index (χ0n) is 31.8. The molecule has 12 rings (SSSR count). The molecule has 0 saturated heterocycles. The fourth-order valence-electron chi connectivity index (χ4n) is 8.81. The van der Waals surface area contributed by atoms with Crippen LogP contribution in [-0.2, 0) is 0 Å². The van der Waals surface area contributed by atoms with Gasteiger partial charge in [-0.3, -0.25) is 0 Å². The quantitative estimate of drug-likeness (QED) is 0.158. The van der Waals surface area contributed by atoms with E-state index in [1.807, 2.05) is 41.7 Å². The molecule has 276 valence electrons. The average molecular weight is 771 g/mol. The molecule has 4 heteroatoms. The molecule has 2 heterocycles. The van der Waals surface area contributed by atoms with Gasteiger partial charge in [0.1, 0.15) is 5.52 Å². The summed E-state index contributed by atoms with van der Waals surface area (Å²) in [6.07, 6.45) is 0. The Balaban J connectivity index is 0.971. The minimum absolute atomic E-state index is 0.640. The van der Waals surface area contributed by atoms with Gasteiger partial charge in [-0.15, -0.1) is 11.3 Å². The summed E-state index contributed by atoms with van der Waals surface area (Å²) >= 11 is 1.86. The molecule has 12 aromatic rings. The van der Waals surface area contributed by atoms with Crippen LogP contribution < -0.4 is 4.90 Å². The van der Waals surface area contributed by atoms with Crippen LogP contribution in [0, 0.1) is 0 Å². The number of thiophene rings is 1. The number of hydrogen-bond acceptors (Lipinski definition) is 4. The standard InChI is InChI=1S/C55H34N2OS/c1-4-11-35(12-5-1)36-23-28-44(29-24-36)57(43-15-8-3-9-16-43)49-18-10-17-46-47-34-41(27-32-50(47)59-54(46)49)40-25-30-45-42(33-40)22-21-37-19-20-38-26-31-48-53(52(38)51(37)45)58-55(56-48)39-13-6-2-7-14-39/h1-34H. The van der Waals surface area contributed by atoms with Crippen molar-refractivity contribution < 1.29 is 4.42 Å². The topological polar surface area (TPSA) is 29.3 Å². The number of aromatic nitrogens is 1. The molecule has 59 heavy (non-hydrogen) atoms. The van der Waals surface area contributed by atoms with Gasteiger partial charge in [0.25, 0.3) is 0 Å². The van der Waals surface area contributed by atoms with Crippen LogP contribution in [0.4, 0.5) is 17.1 Å². The Hall–Kier alpha value is -7.53. The molecule has 0 N–H and O–H groups in total. The summed E-state index contributed by atoms with van der Waals surface area (Å²) in [6.45, 7) is 0. The zero-order chi connectivity index (χ0) is 38.9. The molecule has 0 bridgehead atoms. The third-order valence-corrected chi connectivity index (χ3v) is 12.9. The van der Waals surface area contributed by atoms with Crippen molar-refractivity contribution in [2.75, 3.05) is 4.90 Å². The van der Waals surface area contributed by atoms with Crippen molar-refractivity contribution >= 4 is 92.0 Å². The molecule has 3 nitrogen and oxygen atoms in total. The Labute approximate surface area is 344 Å². The molecule has 10 aromatic carbocycles. The summed E-state index contributed by atoms with van der Waals surface area (Å²) in [5, 5.41) is 9.54. The lowest BCUT2D eigenvalue weighted by molar-refractivity contribution is 0.623. The number of nitrogens with zero attached hydrogens (tertiary/aromatic N) is 2. The zero-order valence-corrected chi connectivity index (χ0v) is 32.7. The molecule has 0 atom stereocenters.